The highest BCUT2D eigenvalue weighted by atomic mass is 19.4. The highest BCUT2D eigenvalue weighted by molar-refractivity contribution is 5.87. The van der Waals surface area contributed by atoms with Gasteiger partial charge in [-0.1, -0.05) is 0 Å². The Morgan fingerprint density at radius 2 is 1.71 bits per heavy atom. The highest BCUT2D eigenvalue weighted by Gasteiger charge is 2.38. The fourth-order valence-electron chi connectivity index (χ4n) is 3.03. The monoisotopic (exact) mass is 474 g/mol. The van der Waals surface area contributed by atoms with Gasteiger partial charge in [0.1, 0.15) is 17.5 Å². The van der Waals surface area contributed by atoms with Gasteiger partial charge in [0, 0.05) is 44.6 Å². The summed E-state index contributed by atoms with van der Waals surface area (Å²) in [6.45, 7) is 5.58. The van der Waals surface area contributed by atoms with E-state index in [9.17, 15) is 18.0 Å². The number of hydrogen-bond donors (Lipinski definition) is 0. The van der Waals surface area contributed by atoms with Crippen molar-refractivity contribution in [2.24, 2.45) is 7.05 Å². The molecular formula is C23H25F3N6O2. The number of aromatic nitrogens is 6. The van der Waals surface area contributed by atoms with E-state index in [-0.39, 0.29) is 12.1 Å². The number of nitrogens with zero attached hydrogens (tertiary/aromatic N) is 6. The summed E-state index contributed by atoms with van der Waals surface area (Å²) >= 11 is 0. The number of rotatable bonds is 1. The molecule has 0 aromatic carbocycles. The van der Waals surface area contributed by atoms with E-state index in [0.717, 1.165) is 18.9 Å². The second-order valence-electron chi connectivity index (χ2n) is 7.73. The molecule has 0 amide bonds. The average Bonchev–Trinajstić information content (AvgIpc) is 2.77. The third-order valence-electron chi connectivity index (χ3n) is 5.12. The van der Waals surface area contributed by atoms with E-state index in [4.69, 9.17) is 4.74 Å². The predicted molar refractivity (Wildman–Crippen MR) is 120 cm³/mol. The summed E-state index contributed by atoms with van der Waals surface area (Å²) in [6, 6.07) is 1.71. The maximum Gasteiger partial charge on any atom is 0.420 e. The fourth-order valence-corrected chi connectivity index (χ4v) is 3.03. The van der Waals surface area contributed by atoms with E-state index in [2.05, 4.69) is 30.7 Å². The lowest BCUT2D eigenvalue weighted by Crippen LogP contribution is -2.17. The summed E-state index contributed by atoms with van der Waals surface area (Å²) in [5.41, 5.74) is 4.42. The lowest BCUT2D eigenvalue weighted by molar-refractivity contribution is -0.0934. The van der Waals surface area contributed by atoms with Crippen molar-refractivity contribution in [3.63, 3.8) is 0 Å². The first kappa shape index (κ1) is 25.2. The second-order valence-corrected chi connectivity index (χ2v) is 7.73. The highest BCUT2D eigenvalue weighted by Crippen LogP contribution is 2.39. The molecule has 8 nitrogen and oxygen atoms in total. The topological polar surface area (TPSA) is 95.7 Å². The van der Waals surface area contributed by atoms with Gasteiger partial charge in [0.2, 0.25) is 0 Å². The van der Waals surface area contributed by atoms with Crippen molar-refractivity contribution >= 4 is 16.7 Å². The minimum atomic E-state index is -4.33. The van der Waals surface area contributed by atoms with E-state index in [1.54, 1.807) is 33.2 Å². The van der Waals surface area contributed by atoms with Crippen LogP contribution in [0.25, 0.3) is 16.7 Å². The smallest absolute Gasteiger partial charge is 0.381 e. The van der Waals surface area contributed by atoms with Crippen LogP contribution in [0.2, 0.25) is 0 Å². The Morgan fingerprint density at radius 1 is 1.03 bits per heavy atom. The molecule has 34 heavy (non-hydrogen) atoms. The number of ether oxygens (including phenoxy) is 1. The Hall–Kier alpha value is -3.43. The first-order valence-electron chi connectivity index (χ1n) is 10.7. The number of aryl methyl sites for hydroxylation is 3. The summed E-state index contributed by atoms with van der Waals surface area (Å²) in [5, 5.41) is 0. The van der Waals surface area contributed by atoms with Gasteiger partial charge in [-0.25, -0.2) is 29.7 Å². The summed E-state index contributed by atoms with van der Waals surface area (Å²) in [7, 11) is 1.66. The molecule has 1 aliphatic carbocycles. The molecule has 1 aliphatic heterocycles. The molecule has 5 rings (SSSR count). The van der Waals surface area contributed by atoms with E-state index in [0.29, 0.717) is 28.1 Å². The molecule has 4 heterocycles. The second kappa shape index (κ2) is 11.1. The van der Waals surface area contributed by atoms with Crippen LogP contribution in [0.4, 0.5) is 13.2 Å². The van der Waals surface area contributed by atoms with Crippen molar-refractivity contribution in [3.05, 3.63) is 63.7 Å². The molecule has 0 bridgehead atoms. The normalized spacial score (nSPS) is 15.1. The summed E-state index contributed by atoms with van der Waals surface area (Å²) in [5.74, 6) is 0. The molecule has 0 radical (unpaired) electrons. The Bertz CT molecular complexity index is 1260. The summed E-state index contributed by atoms with van der Waals surface area (Å²) in [4.78, 5) is 30.6. The van der Waals surface area contributed by atoms with Crippen LogP contribution in [-0.2, 0) is 11.8 Å². The van der Waals surface area contributed by atoms with Crippen molar-refractivity contribution in [1.29, 1.82) is 0 Å². The maximum absolute atomic E-state index is 12.4. The van der Waals surface area contributed by atoms with Crippen molar-refractivity contribution in [1.82, 2.24) is 29.5 Å². The van der Waals surface area contributed by atoms with E-state index < -0.39 is 11.7 Å². The predicted octanol–water partition coefficient (Wildman–Crippen LogP) is 3.88. The van der Waals surface area contributed by atoms with Crippen LogP contribution >= 0.6 is 0 Å². The summed E-state index contributed by atoms with van der Waals surface area (Å²) < 4.78 is 43.8. The third kappa shape index (κ3) is 6.55. The van der Waals surface area contributed by atoms with Crippen LogP contribution in [0.15, 0.2) is 40.9 Å². The zero-order valence-corrected chi connectivity index (χ0v) is 19.2. The quantitative estimate of drug-likeness (QED) is 0.494. The van der Waals surface area contributed by atoms with Crippen LogP contribution in [0.5, 0.6) is 0 Å². The molecule has 0 N–H and O–H groups in total. The van der Waals surface area contributed by atoms with Crippen molar-refractivity contribution in [3.8, 4) is 0 Å². The average molecular weight is 474 g/mol. The minimum Gasteiger partial charge on any atom is -0.381 e. The van der Waals surface area contributed by atoms with Crippen LogP contribution in [0, 0.1) is 13.8 Å². The van der Waals surface area contributed by atoms with Gasteiger partial charge in [0.15, 0.2) is 5.65 Å². The van der Waals surface area contributed by atoms with Crippen LogP contribution < -0.4 is 5.69 Å². The van der Waals surface area contributed by atoms with E-state index in [1.165, 1.54) is 36.4 Å². The molecule has 0 unspecified atom stereocenters. The van der Waals surface area contributed by atoms with Gasteiger partial charge in [0.05, 0.1) is 17.0 Å². The van der Waals surface area contributed by atoms with Gasteiger partial charge < -0.3 is 9.30 Å². The number of halogens is 3. The Morgan fingerprint density at radius 3 is 2.21 bits per heavy atom. The standard InChI is InChI=1S/C13H9F3N4.C5H6N2O.C5H10O/c1-6-7(2)20-12-11(19-6)10(17-5-18-12)8-3-9(4-8)13(14,15)16;1-7-4-2-3-6-5(7)8;1-2-4-6-5-3-1/h5H,3H2,1-2H3;2-4H,1H3;1-5H2. The number of allylic oxidation sites excluding steroid dienone is 1. The van der Waals surface area contributed by atoms with Crippen LogP contribution in [-0.4, -0.2) is 48.9 Å². The van der Waals surface area contributed by atoms with Crippen LogP contribution in [0.3, 0.4) is 0 Å². The van der Waals surface area contributed by atoms with E-state index >= 15 is 0 Å². The molecule has 3 aromatic heterocycles. The van der Waals surface area contributed by atoms with Gasteiger partial charge >= 0.3 is 11.9 Å². The molecule has 0 saturated carbocycles. The van der Waals surface area contributed by atoms with Crippen molar-refractivity contribution in [2.45, 2.75) is 45.7 Å². The number of alkyl halides is 3. The van der Waals surface area contributed by atoms with Crippen molar-refractivity contribution in [2.75, 3.05) is 13.2 Å². The Kier molecular flexibility index (Phi) is 8.25. The number of hydrogen-bond acceptors (Lipinski definition) is 7. The maximum atomic E-state index is 12.4. The molecule has 0 spiro atoms. The molecule has 11 heteroatoms. The van der Waals surface area contributed by atoms with Gasteiger partial charge in [0.25, 0.3) is 0 Å². The fraction of sp³-hybridized carbons (Fsp3) is 0.435. The molecule has 1 fully saturated rings. The largest absolute Gasteiger partial charge is 0.420 e. The number of fused-ring (bicyclic) bond motifs is 1. The van der Waals surface area contributed by atoms with Crippen molar-refractivity contribution < 1.29 is 17.9 Å². The van der Waals surface area contributed by atoms with Gasteiger partial charge in [-0.15, -0.1) is 5.73 Å². The third-order valence-corrected chi connectivity index (χ3v) is 5.12. The molecule has 0 atom stereocenters. The minimum absolute atomic E-state index is 0.204. The van der Waals surface area contributed by atoms with Gasteiger partial charge in [-0.05, 0) is 39.2 Å². The molecule has 3 aromatic rings. The molecule has 2 aliphatic rings. The lowest BCUT2D eigenvalue weighted by atomic mass is 9.93. The zero-order chi connectivity index (χ0) is 24.7. The lowest BCUT2D eigenvalue weighted by Gasteiger charge is -2.18. The SMILES string of the molecule is C1CCOCC1.Cc1nc2ncnc(C3=C=C(C(F)(F)F)C3)c2nc1C.Cn1cccnc1=O. The first-order chi connectivity index (χ1) is 16.2. The Balaban J connectivity index is 0.000000188. The first-order valence-corrected chi connectivity index (χ1v) is 10.7. The van der Waals surface area contributed by atoms with E-state index in [1.807, 2.05) is 0 Å². The molecule has 1 saturated heterocycles. The van der Waals surface area contributed by atoms with Gasteiger partial charge in [-0.2, -0.15) is 13.2 Å². The van der Waals surface area contributed by atoms with Gasteiger partial charge in [-0.3, -0.25) is 0 Å². The zero-order valence-electron chi connectivity index (χ0n) is 19.2. The molecular weight excluding hydrogens is 449 g/mol. The summed E-state index contributed by atoms with van der Waals surface area (Å²) in [6.07, 6.45) is 3.81. The molecule has 180 valence electrons. The van der Waals surface area contributed by atoms with Crippen LogP contribution in [0.1, 0.15) is 42.8 Å². The Labute approximate surface area is 194 Å².